The molecule has 112 valence electrons. The third-order valence-electron chi connectivity index (χ3n) is 3.81. The molecule has 7 heteroatoms. The van der Waals surface area contributed by atoms with Crippen LogP contribution in [0.2, 0.25) is 0 Å². The number of esters is 1. The summed E-state index contributed by atoms with van der Waals surface area (Å²) in [5.74, 6) is -6.43. The fourth-order valence-corrected chi connectivity index (χ4v) is 2.48. The predicted molar refractivity (Wildman–Crippen MR) is 65.8 cm³/mol. The molecule has 0 amide bonds. The van der Waals surface area contributed by atoms with E-state index in [1.807, 2.05) is 0 Å². The molecule has 1 rings (SSSR count). The highest BCUT2D eigenvalue weighted by Gasteiger charge is 2.49. The number of carbonyl (C=O) groups is 4. The average molecular weight is 286 g/mol. The van der Waals surface area contributed by atoms with E-state index in [-0.39, 0.29) is 25.9 Å². The lowest BCUT2D eigenvalue weighted by Crippen LogP contribution is -2.45. The van der Waals surface area contributed by atoms with Crippen molar-refractivity contribution in [2.24, 2.45) is 17.3 Å². The molecule has 1 aliphatic rings. The smallest absolute Gasteiger partial charge is 0.319 e. The molecule has 0 bridgehead atoms. The minimum atomic E-state index is -1.62. The fourth-order valence-electron chi connectivity index (χ4n) is 2.48. The maximum Gasteiger partial charge on any atom is 0.319 e. The first-order chi connectivity index (χ1) is 9.24. The molecule has 1 fully saturated rings. The van der Waals surface area contributed by atoms with Crippen molar-refractivity contribution in [2.75, 3.05) is 6.61 Å². The van der Waals surface area contributed by atoms with E-state index in [0.29, 0.717) is 0 Å². The highest BCUT2D eigenvalue weighted by atomic mass is 16.5. The van der Waals surface area contributed by atoms with Crippen LogP contribution in [0.25, 0.3) is 0 Å². The van der Waals surface area contributed by atoms with Gasteiger partial charge in [-0.05, 0) is 32.6 Å². The van der Waals surface area contributed by atoms with Crippen LogP contribution in [-0.2, 0) is 23.9 Å². The summed E-state index contributed by atoms with van der Waals surface area (Å²) < 4.78 is 4.85. The minimum Gasteiger partial charge on any atom is -0.481 e. The molecule has 2 atom stereocenters. The van der Waals surface area contributed by atoms with E-state index in [2.05, 4.69) is 0 Å². The van der Waals surface area contributed by atoms with Crippen LogP contribution >= 0.6 is 0 Å². The maximum absolute atomic E-state index is 12.1. The number of carboxylic acid groups (broad SMARTS) is 2. The third kappa shape index (κ3) is 2.97. The van der Waals surface area contributed by atoms with Gasteiger partial charge < -0.3 is 14.9 Å². The van der Waals surface area contributed by atoms with E-state index >= 15 is 0 Å². The van der Waals surface area contributed by atoms with Crippen LogP contribution < -0.4 is 0 Å². The average Bonchev–Trinajstić information content (AvgIpc) is 2.33. The molecule has 1 aliphatic carbocycles. The van der Waals surface area contributed by atoms with Crippen molar-refractivity contribution in [2.45, 2.75) is 33.1 Å². The number of carbonyl (C=O) groups excluding carboxylic acids is 2. The first-order valence-electron chi connectivity index (χ1n) is 6.40. The molecule has 2 N–H and O–H groups in total. The zero-order valence-corrected chi connectivity index (χ0v) is 11.4. The summed E-state index contributed by atoms with van der Waals surface area (Å²) in [6, 6.07) is 0. The molecule has 0 aromatic heterocycles. The number of aliphatic carboxylic acids is 2. The quantitative estimate of drug-likeness (QED) is 0.564. The summed E-state index contributed by atoms with van der Waals surface area (Å²) in [7, 11) is 0. The van der Waals surface area contributed by atoms with Crippen LogP contribution in [-0.4, -0.2) is 40.5 Å². The second-order valence-corrected chi connectivity index (χ2v) is 5.13. The maximum atomic E-state index is 12.1. The van der Waals surface area contributed by atoms with E-state index < -0.39 is 40.9 Å². The summed E-state index contributed by atoms with van der Waals surface area (Å²) in [4.78, 5) is 45.8. The van der Waals surface area contributed by atoms with Crippen molar-refractivity contribution in [3.8, 4) is 0 Å². The Labute approximate surface area is 115 Å². The Morgan fingerprint density at radius 2 is 1.90 bits per heavy atom. The van der Waals surface area contributed by atoms with Gasteiger partial charge >= 0.3 is 17.9 Å². The largest absolute Gasteiger partial charge is 0.481 e. The van der Waals surface area contributed by atoms with Crippen LogP contribution in [0, 0.1) is 17.3 Å². The van der Waals surface area contributed by atoms with Gasteiger partial charge in [0.25, 0.3) is 0 Å². The minimum absolute atomic E-state index is 0.104. The number of ether oxygens (including phenoxy) is 1. The molecule has 0 aromatic carbocycles. The molecule has 0 radical (unpaired) electrons. The van der Waals surface area contributed by atoms with E-state index in [0.717, 1.165) is 0 Å². The van der Waals surface area contributed by atoms with Crippen molar-refractivity contribution < 1.29 is 34.1 Å². The Hall–Kier alpha value is -1.92. The molecule has 0 unspecified atom stereocenters. The number of hydrogen-bond donors (Lipinski definition) is 2. The first-order valence-corrected chi connectivity index (χ1v) is 6.40. The van der Waals surface area contributed by atoms with Gasteiger partial charge in [-0.15, -0.1) is 0 Å². The summed E-state index contributed by atoms with van der Waals surface area (Å²) >= 11 is 0. The Morgan fingerprint density at radius 3 is 2.30 bits per heavy atom. The lowest BCUT2D eigenvalue weighted by atomic mass is 9.67. The molecule has 0 aromatic rings. The van der Waals surface area contributed by atoms with E-state index in [4.69, 9.17) is 14.9 Å². The van der Waals surface area contributed by atoms with Gasteiger partial charge in [0.15, 0.2) is 5.92 Å². The van der Waals surface area contributed by atoms with Crippen LogP contribution in [0.5, 0.6) is 0 Å². The van der Waals surface area contributed by atoms with Gasteiger partial charge in [0.05, 0.1) is 6.61 Å². The summed E-state index contributed by atoms with van der Waals surface area (Å²) in [6.07, 6.45) is 0.0509. The number of ketones is 1. The lowest BCUT2D eigenvalue weighted by Gasteiger charge is -2.34. The summed E-state index contributed by atoms with van der Waals surface area (Å²) in [6.45, 7) is 3.24. The molecule has 0 heterocycles. The zero-order chi connectivity index (χ0) is 15.5. The number of Topliss-reactive ketones (excluding diaryl/α,β-unsaturated/α-hetero) is 1. The Bertz CT molecular complexity index is 428. The van der Waals surface area contributed by atoms with E-state index in [9.17, 15) is 19.2 Å². The van der Waals surface area contributed by atoms with Crippen LogP contribution in [0.3, 0.4) is 0 Å². The summed E-state index contributed by atoms with van der Waals surface area (Å²) in [5, 5.41) is 17.8. The molecule has 0 spiro atoms. The van der Waals surface area contributed by atoms with Gasteiger partial charge in [0, 0.05) is 6.42 Å². The van der Waals surface area contributed by atoms with Gasteiger partial charge in [-0.3, -0.25) is 19.2 Å². The molecular weight excluding hydrogens is 268 g/mol. The normalized spacial score (nSPS) is 26.4. The van der Waals surface area contributed by atoms with E-state index in [1.54, 1.807) is 6.92 Å². The summed E-state index contributed by atoms with van der Waals surface area (Å²) in [5.41, 5.74) is -1.30. The van der Waals surface area contributed by atoms with Gasteiger partial charge in [-0.25, -0.2) is 0 Å². The zero-order valence-electron chi connectivity index (χ0n) is 11.4. The van der Waals surface area contributed by atoms with Gasteiger partial charge in [0.2, 0.25) is 0 Å². The monoisotopic (exact) mass is 286 g/mol. The van der Waals surface area contributed by atoms with Crippen molar-refractivity contribution in [3.05, 3.63) is 0 Å². The van der Waals surface area contributed by atoms with Crippen LogP contribution in [0.15, 0.2) is 0 Å². The Balaban J connectivity index is 2.87. The Morgan fingerprint density at radius 1 is 1.35 bits per heavy atom. The van der Waals surface area contributed by atoms with Crippen molar-refractivity contribution in [1.82, 2.24) is 0 Å². The van der Waals surface area contributed by atoms with Crippen LogP contribution in [0.1, 0.15) is 33.1 Å². The SMILES string of the molecule is CCOC(=O)[C@@]1(C)CC[C@H](C(C(=O)O)C(=O)O)CC1=O. The highest BCUT2D eigenvalue weighted by molar-refractivity contribution is 6.04. The lowest BCUT2D eigenvalue weighted by molar-refractivity contribution is -0.164. The second kappa shape index (κ2) is 6.02. The molecule has 0 saturated heterocycles. The van der Waals surface area contributed by atoms with E-state index in [1.165, 1.54) is 6.92 Å². The first kappa shape index (κ1) is 16.1. The molecular formula is C13H18O7. The number of carboxylic acids is 2. The van der Waals surface area contributed by atoms with Crippen molar-refractivity contribution in [1.29, 1.82) is 0 Å². The molecule has 7 nitrogen and oxygen atoms in total. The third-order valence-corrected chi connectivity index (χ3v) is 3.81. The van der Waals surface area contributed by atoms with Gasteiger partial charge in [-0.2, -0.15) is 0 Å². The molecule has 0 aliphatic heterocycles. The number of rotatable bonds is 5. The van der Waals surface area contributed by atoms with Crippen molar-refractivity contribution >= 4 is 23.7 Å². The topological polar surface area (TPSA) is 118 Å². The highest BCUT2D eigenvalue weighted by Crippen LogP contribution is 2.39. The molecule has 20 heavy (non-hydrogen) atoms. The second-order valence-electron chi connectivity index (χ2n) is 5.13. The number of hydrogen-bond acceptors (Lipinski definition) is 5. The van der Waals surface area contributed by atoms with Crippen LogP contribution in [0.4, 0.5) is 0 Å². The van der Waals surface area contributed by atoms with Gasteiger partial charge in [0.1, 0.15) is 11.2 Å². The standard InChI is InChI=1S/C13H18O7/c1-3-20-12(19)13(2)5-4-7(6-8(13)14)9(10(15)16)11(17)18/h7,9H,3-6H2,1-2H3,(H,15,16)(H,17,18)/t7-,13-/m0/s1. The predicted octanol–water partition coefficient (Wildman–Crippen LogP) is 0.710. The fraction of sp³-hybridized carbons (Fsp3) is 0.692. The van der Waals surface area contributed by atoms with Crippen molar-refractivity contribution in [3.63, 3.8) is 0 Å². The Kier molecular flexibility index (Phi) is 4.86. The van der Waals surface area contributed by atoms with Gasteiger partial charge in [-0.1, -0.05) is 0 Å². The molecule has 1 saturated carbocycles.